The molecule has 1 amide bonds. The summed E-state index contributed by atoms with van der Waals surface area (Å²) in [7, 11) is 0. The minimum absolute atomic E-state index is 0.183. The van der Waals surface area contributed by atoms with Gasteiger partial charge in [0.15, 0.2) is 0 Å². The van der Waals surface area contributed by atoms with Crippen LogP contribution in [0.3, 0.4) is 0 Å². The Morgan fingerprint density at radius 3 is 2.57 bits per heavy atom. The Labute approximate surface area is 213 Å². The van der Waals surface area contributed by atoms with Crippen molar-refractivity contribution < 1.29 is 23.9 Å². The van der Waals surface area contributed by atoms with E-state index in [4.69, 9.17) is 9.47 Å². The van der Waals surface area contributed by atoms with Crippen molar-refractivity contribution >= 4 is 35.3 Å². The minimum Gasteiger partial charge on any atom is -0.465 e. The van der Waals surface area contributed by atoms with Gasteiger partial charge in [-0.2, -0.15) is 0 Å². The van der Waals surface area contributed by atoms with E-state index < -0.39 is 23.7 Å². The predicted molar refractivity (Wildman–Crippen MR) is 139 cm³/mol. The molecule has 0 unspecified atom stereocenters. The number of ether oxygens (including phenoxy) is 2. The van der Waals surface area contributed by atoms with Gasteiger partial charge in [-0.3, -0.25) is 24.6 Å². The molecule has 0 spiro atoms. The molecular weight excluding hydrogens is 464 g/mol. The third-order valence-corrected chi connectivity index (χ3v) is 7.55. The van der Waals surface area contributed by atoms with Crippen molar-refractivity contribution in [3.05, 3.63) is 24.3 Å². The molecule has 1 heterocycles. The van der Waals surface area contributed by atoms with E-state index >= 15 is 0 Å². The first-order chi connectivity index (χ1) is 16.7. The van der Waals surface area contributed by atoms with Gasteiger partial charge in [0.05, 0.1) is 18.3 Å². The van der Waals surface area contributed by atoms with Crippen LogP contribution < -0.4 is 10.2 Å². The molecule has 3 rings (SSSR count). The molecule has 1 saturated carbocycles. The van der Waals surface area contributed by atoms with Crippen LogP contribution in [-0.4, -0.2) is 54.4 Å². The Kier molecular flexibility index (Phi) is 10.0. The van der Waals surface area contributed by atoms with Gasteiger partial charge in [0.2, 0.25) is 5.91 Å². The lowest BCUT2D eigenvalue weighted by molar-refractivity contribution is -0.154. The van der Waals surface area contributed by atoms with E-state index in [2.05, 4.69) is 5.32 Å². The van der Waals surface area contributed by atoms with Crippen LogP contribution in [0.1, 0.15) is 72.6 Å². The molecule has 1 aliphatic heterocycles. The lowest BCUT2D eigenvalue weighted by atomic mass is 9.85. The van der Waals surface area contributed by atoms with Gasteiger partial charge in [0, 0.05) is 10.6 Å². The first-order valence-corrected chi connectivity index (χ1v) is 13.8. The maximum Gasteiger partial charge on any atom is 0.326 e. The Morgan fingerprint density at radius 2 is 1.89 bits per heavy atom. The molecule has 2 atom stereocenters. The number of carbonyl (C=O) groups is 3. The highest BCUT2D eigenvalue weighted by molar-refractivity contribution is 7.99. The Hall–Kier alpha value is -2.06. The van der Waals surface area contributed by atoms with Gasteiger partial charge in [-0.25, -0.2) is 0 Å². The summed E-state index contributed by atoms with van der Waals surface area (Å²) in [6.45, 7) is 7.32. The van der Waals surface area contributed by atoms with Gasteiger partial charge < -0.3 is 9.47 Å². The second-order valence-corrected chi connectivity index (χ2v) is 11.5. The van der Waals surface area contributed by atoms with E-state index in [0.717, 1.165) is 11.3 Å². The molecule has 35 heavy (non-hydrogen) atoms. The maximum atomic E-state index is 13.7. The monoisotopic (exact) mass is 504 g/mol. The van der Waals surface area contributed by atoms with Gasteiger partial charge in [-0.15, -0.1) is 11.8 Å². The van der Waals surface area contributed by atoms with Gasteiger partial charge in [0.25, 0.3) is 0 Å². The van der Waals surface area contributed by atoms with Gasteiger partial charge in [0.1, 0.15) is 18.2 Å². The average Bonchev–Trinajstić information content (AvgIpc) is 2.93. The lowest BCUT2D eigenvalue weighted by Crippen LogP contribution is -2.54. The fourth-order valence-corrected chi connectivity index (χ4v) is 5.86. The summed E-state index contributed by atoms with van der Waals surface area (Å²) < 4.78 is 10.9. The van der Waals surface area contributed by atoms with E-state index in [0.29, 0.717) is 30.4 Å². The van der Waals surface area contributed by atoms with Crippen molar-refractivity contribution in [1.29, 1.82) is 0 Å². The summed E-state index contributed by atoms with van der Waals surface area (Å²) in [6.07, 6.45) is 7.76. The number of anilines is 1. The minimum atomic E-state index is -0.647. The second kappa shape index (κ2) is 12.8. The third kappa shape index (κ3) is 8.24. The molecule has 1 aromatic carbocycles. The molecule has 7 nitrogen and oxygen atoms in total. The number of hydrogen-bond acceptors (Lipinski definition) is 7. The zero-order valence-corrected chi connectivity index (χ0v) is 22.3. The zero-order chi connectivity index (χ0) is 25.4. The molecule has 0 radical (unpaired) electrons. The highest BCUT2D eigenvalue weighted by Crippen LogP contribution is 2.35. The topological polar surface area (TPSA) is 84.9 Å². The molecule has 1 aliphatic carbocycles. The molecule has 8 heteroatoms. The summed E-state index contributed by atoms with van der Waals surface area (Å²) in [5, 5.41) is 3.32. The number of amides is 1. The van der Waals surface area contributed by atoms with Crippen molar-refractivity contribution in [3.63, 3.8) is 0 Å². The fourth-order valence-electron chi connectivity index (χ4n) is 4.77. The number of nitrogens with zero attached hydrogens (tertiary/aromatic N) is 1. The number of benzene rings is 1. The van der Waals surface area contributed by atoms with E-state index in [1.807, 2.05) is 24.3 Å². The van der Waals surface area contributed by atoms with Crippen molar-refractivity contribution in [2.45, 2.75) is 95.2 Å². The molecule has 2 aliphatic rings. The lowest BCUT2D eigenvalue weighted by Gasteiger charge is -2.29. The van der Waals surface area contributed by atoms with Crippen molar-refractivity contribution in [3.8, 4) is 0 Å². The fraction of sp³-hybridized carbons (Fsp3) is 0.667. The van der Waals surface area contributed by atoms with Gasteiger partial charge >= 0.3 is 11.9 Å². The molecule has 1 N–H and O–H groups in total. The molecule has 1 aromatic rings. The number of rotatable bonds is 9. The van der Waals surface area contributed by atoms with E-state index in [1.54, 1.807) is 39.5 Å². The van der Waals surface area contributed by atoms with Crippen molar-refractivity contribution in [2.75, 3.05) is 23.8 Å². The Bertz CT molecular complexity index is 879. The quantitative estimate of drug-likeness (QED) is 0.487. The van der Waals surface area contributed by atoms with Crippen LogP contribution >= 0.6 is 11.8 Å². The van der Waals surface area contributed by atoms with E-state index in [-0.39, 0.29) is 18.4 Å². The van der Waals surface area contributed by atoms with Crippen LogP contribution in [0.2, 0.25) is 0 Å². The first-order valence-electron chi connectivity index (χ1n) is 12.9. The number of para-hydroxylation sites is 1. The number of thioether (sulfide) groups is 1. The summed E-state index contributed by atoms with van der Waals surface area (Å²) >= 11 is 1.55. The Morgan fingerprint density at radius 1 is 1.17 bits per heavy atom. The van der Waals surface area contributed by atoms with E-state index in [9.17, 15) is 14.4 Å². The smallest absolute Gasteiger partial charge is 0.326 e. The van der Waals surface area contributed by atoms with Crippen molar-refractivity contribution in [1.82, 2.24) is 5.32 Å². The van der Waals surface area contributed by atoms with E-state index in [1.165, 1.54) is 37.0 Å². The molecule has 0 bridgehead atoms. The van der Waals surface area contributed by atoms with Crippen LogP contribution in [0.25, 0.3) is 0 Å². The SMILES string of the molecule is CCOC(=O)[C@@H](CCC1CCCCC1)N[C@H]1CSc2ccccc2N(CC(=O)OC(C)(C)C)C1=O. The molecule has 1 fully saturated rings. The summed E-state index contributed by atoms with van der Waals surface area (Å²) in [6, 6.07) is 6.38. The number of carbonyl (C=O) groups excluding carboxylic acids is 3. The molecule has 0 aromatic heterocycles. The number of nitrogens with one attached hydrogen (secondary N) is 1. The first kappa shape index (κ1) is 27.5. The highest BCUT2D eigenvalue weighted by Gasteiger charge is 2.36. The summed E-state index contributed by atoms with van der Waals surface area (Å²) in [4.78, 5) is 41.6. The summed E-state index contributed by atoms with van der Waals surface area (Å²) in [5.74, 6) is 0.0574. The third-order valence-electron chi connectivity index (χ3n) is 6.39. The van der Waals surface area contributed by atoms with Crippen LogP contribution in [0.5, 0.6) is 0 Å². The zero-order valence-electron chi connectivity index (χ0n) is 21.5. The standard InChI is InChI=1S/C27H40N2O5S/c1-5-33-26(32)20(16-15-19-11-7-6-8-12-19)28-21-18-35-23-14-10-9-13-22(23)29(25(21)31)17-24(30)34-27(2,3)4/h9-10,13-14,19-21,28H,5-8,11-12,15-18H2,1-4H3/t20-,21+/m1/s1. The molecular formula is C27H40N2O5S. The van der Waals surface area contributed by atoms with Crippen LogP contribution in [0.4, 0.5) is 5.69 Å². The largest absolute Gasteiger partial charge is 0.465 e. The normalized spacial score (nSPS) is 20.1. The number of hydrogen-bond donors (Lipinski definition) is 1. The molecule has 194 valence electrons. The van der Waals surface area contributed by atoms with Crippen molar-refractivity contribution in [2.24, 2.45) is 5.92 Å². The van der Waals surface area contributed by atoms with Crippen LogP contribution in [0, 0.1) is 5.92 Å². The average molecular weight is 505 g/mol. The number of fused-ring (bicyclic) bond motifs is 1. The Balaban J connectivity index is 1.77. The number of esters is 2. The van der Waals surface area contributed by atoms with Gasteiger partial charge in [-0.1, -0.05) is 44.2 Å². The molecule has 0 saturated heterocycles. The van der Waals surface area contributed by atoms with Crippen LogP contribution in [0.15, 0.2) is 29.2 Å². The maximum absolute atomic E-state index is 13.7. The predicted octanol–water partition coefficient (Wildman–Crippen LogP) is 4.72. The highest BCUT2D eigenvalue weighted by atomic mass is 32.2. The summed E-state index contributed by atoms with van der Waals surface area (Å²) in [5.41, 5.74) is 0.0407. The van der Waals surface area contributed by atoms with Gasteiger partial charge in [-0.05, 0) is 58.6 Å². The second-order valence-electron chi connectivity index (χ2n) is 10.4. The van der Waals surface area contributed by atoms with Crippen LogP contribution in [-0.2, 0) is 23.9 Å².